The summed E-state index contributed by atoms with van der Waals surface area (Å²) in [5.74, 6) is 2.71. The zero-order valence-corrected chi connectivity index (χ0v) is 20.0. The molecule has 1 fully saturated rings. The predicted molar refractivity (Wildman–Crippen MR) is 141 cm³/mol. The van der Waals surface area contributed by atoms with E-state index in [1.807, 2.05) is 67.5 Å². The van der Waals surface area contributed by atoms with Crippen molar-refractivity contribution in [2.24, 2.45) is 5.92 Å². The van der Waals surface area contributed by atoms with Gasteiger partial charge in [0, 0.05) is 43.0 Å². The number of phenols is 1. The highest BCUT2D eigenvalue weighted by atomic mass is 16.3. The molecule has 1 aliphatic rings. The molecule has 0 aliphatic heterocycles. The number of benzene rings is 3. The Hall–Kier alpha value is -3.38. The van der Waals surface area contributed by atoms with Crippen molar-refractivity contribution in [3.05, 3.63) is 66.2 Å². The summed E-state index contributed by atoms with van der Waals surface area (Å²) in [4.78, 5) is 11.6. The topological polar surface area (TPSA) is 73.3 Å². The van der Waals surface area contributed by atoms with Crippen LogP contribution in [0.2, 0.25) is 0 Å². The zero-order chi connectivity index (χ0) is 23.5. The van der Waals surface area contributed by atoms with Gasteiger partial charge in [-0.05, 0) is 55.7 Å². The van der Waals surface area contributed by atoms with E-state index in [1.54, 1.807) is 0 Å². The number of nitrogens with zero attached hydrogens (tertiary/aromatic N) is 3. The van der Waals surface area contributed by atoms with Gasteiger partial charge >= 0.3 is 0 Å². The molecule has 1 heterocycles. The van der Waals surface area contributed by atoms with Gasteiger partial charge in [0.05, 0.1) is 5.52 Å². The van der Waals surface area contributed by atoms with Crippen LogP contribution in [0.5, 0.6) is 5.75 Å². The van der Waals surface area contributed by atoms with E-state index in [9.17, 15) is 5.11 Å². The Bertz CT molecular complexity index is 1280. The van der Waals surface area contributed by atoms with Gasteiger partial charge < -0.3 is 20.6 Å². The molecule has 0 unspecified atom stereocenters. The van der Waals surface area contributed by atoms with Gasteiger partial charge in [0.15, 0.2) is 0 Å². The van der Waals surface area contributed by atoms with Gasteiger partial charge in [-0.15, -0.1) is 0 Å². The molecule has 3 N–H and O–H groups in total. The Labute approximate surface area is 201 Å². The highest BCUT2D eigenvalue weighted by Crippen LogP contribution is 2.30. The van der Waals surface area contributed by atoms with E-state index in [-0.39, 0.29) is 0 Å². The Morgan fingerprint density at radius 2 is 1.62 bits per heavy atom. The van der Waals surface area contributed by atoms with Crippen molar-refractivity contribution in [2.45, 2.75) is 38.3 Å². The fourth-order valence-corrected chi connectivity index (χ4v) is 5.01. The van der Waals surface area contributed by atoms with Crippen LogP contribution in [-0.4, -0.2) is 41.8 Å². The van der Waals surface area contributed by atoms with Gasteiger partial charge in [0.25, 0.3) is 0 Å². The van der Waals surface area contributed by atoms with Crippen molar-refractivity contribution in [2.75, 3.05) is 30.9 Å². The van der Waals surface area contributed by atoms with Crippen LogP contribution in [0.4, 0.5) is 11.8 Å². The van der Waals surface area contributed by atoms with Crippen LogP contribution < -0.4 is 15.5 Å². The third-order valence-corrected chi connectivity index (χ3v) is 6.92. The SMILES string of the molecule is CN(C)c1nc(NC2CCC(CNCc3ccc4ccccc4c3O)CC2)nc2ccccc12. The molecule has 0 atom stereocenters. The molecule has 1 saturated carbocycles. The molecule has 34 heavy (non-hydrogen) atoms. The molecule has 0 bridgehead atoms. The Kier molecular flexibility index (Phi) is 6.50. The van der Waals surface area contributed by atoms with Crippen molar-refractivity contribution in [1.29, 1.82) is 0 Å². The third kappa shape index (κ3) is 4.77. The van der Waals surface area contributed by atoms with Crippen LogP contribution in [0, 0.1) is 5.92 Å². The van der Waals surface area contributed by atoms with Crippen molar-refractivity contribution < 1.29 is 5.11 Å². The lowest BCUT2D eigenvalue weighted by Crippen LogP contribution is -2.31. The Morgan fingerprint density at radius 1 is 0.882 bits per heavy atom. The lowest BCUT2D eigenvalue weighted by Gasteiger charge is -2.29. The number of aromatic nitrogens is 2. The van der Waals surface area contributed by atoms with Crippen molar-refractivity contribution >= 4 is 33.4 Å². The van der Waals surface area contributed by atoms with Crippen LogP contribution in [0.3, 0.4) is 0 Å². The minimum Gasteiger partial charge on any atom is -0.507 e. The number of hydrogen-bond acceptors (Lipinski definition) is 6. The molecule has 6 nitrogen and oxygen atoms in total. The highest BCUT2D eigenvalue weighted by molar-refractivity contribution is 5.90. The normalized spacial score (nSPS) is 18.3. The van der Waals surface area contributed by atoms with Crippen molar-refractivity contribution in [3.63, 3.8) is 0 Å². The predicted octanol–water partition coefficient (Wildman–Crippen LogP) is 5.32. The summed E-state index contributed by atoms with van der Waals surface area (Å²) in [5, 5.41) is 20.8. The number of aromatic hydroxyl groups is 1. The number of anilines is 2. The monoisotopic (exact) mass is 455 g/mol. The van der Waals surface area contributed by atoms with Gasteiger partial charge in [-0.2, -0.15) is 4.98 Å². The van der Waals surface area contributed by atoms with Gasteiger partial charge in [0.1, 0.15) is 11.6 Å². The molecule has 0 spiro atoms. The van der Waals surface area contributed by atoms with Gasteiger partial charge in [-0.3, -0.25) is 0 Å². The zero-order valence-electron chi connectivity index (χ0n) is 20.0. The minimum absolute atomic E-state index is 0.394. The Morgan fingerprint density at radius 3 is 2.41 bits per heavy atom. The van der Waals surface area contributed by atoms with Gasteiger partial charge in [0.2, 0.25) is 5.95 Å². The Balaban J connectivity index is 1.14. The first-order chi connectivity index (χ1) is 16.6. The van der Waals surface area contributed by atoms with E-state index in [4.69, 9.17) is 9.97 Å². The standard InChI is InChI=1S/C28H33N5O/c1-33(2)27-24-9-5-6-10-25(24)31-28(32-27)30-22-15-11-19(12-16-22)17-29-18-21-14-13-20-7-3-4-8-23(20)26(21)34/h3-10,13-14,19,22,29,34H,11-12,15-18H2,1-2H3,(H,30,31,32). The third-order valence-electron chi connectivity index (χ3n) is 6.92. The summed E-state index contributed by atoms with van der Waals surface area (Å²) in [6.45, 7) is 1.66. The first-order valence-corrected chi connectivity index (χ1v) is 12.2. The van der Waals surface area contributed by atoms with Gasteiger partial charge in [-0.25, -0.2) is 4.98 Å². The maximum Gasteiger partial charge on any atom is 0.225 e. The largest absolute Gasteiger partial charge is 0.507 e. The maximum absolute atomic E-state index is 10.6. The number of fused-ring (bicyclic) bond motifs is 2. The summed E-state index contributed by atoms with van der Waals surface area (Å²) in [7, 11) is 4.04. The van der Waals surface area contributed by atoms with E-state index in [0.717, 1.165) is 58.4 Å². The average Bonchev–Trinajstić information content (AvgIpc) is 2.86. The van der Waals surface area contributed by atoms with E-state index in [1.165, 1.54) is 12.8 Å². The van der Waals surface area contributed by atoms with E-state index in [0.29, 0.717) is 24.3 Å². The van der Waals surface area contributed by atoms with Crippen molar-refractivity contribution in [1.82, 2.24) is 15.3 Å². The molecule has 0 radical (unpaired) electrons. The minimum atomic E-state index is 0.394. The second kappa shape index (κ2) is 9.85. The molecule has 0 saturated heterocycles. The molecule has 1 aromatic heterocycles. The first-order valence-electron chi connectivity index (χ1n) is 12.2. The fourth-order valence-electron chi connectivity index (χ4n) is 5.01. The molecule has 5 rings (SSSR count). The molecule has 0 amide bonds. The van der Waals surface area contributed by atoms with Crippen LogP contribution in [-0.2, 0) is 6.54 Å². The molecule has 176 valence electrons. The molecular weight excluding hydrogens is 422 g/mol. The van der Waals surface area contributed by atoms with E-state index in [2.05, 4.69) is 22.8 Å². The fraction of sp³-hybridized carbons (Fsp3) is 0.357. The van der Waals surface area contributed by atoms with E-state index >= 15 is 0 Å². The van der Waals surface area contributed by atoms with Gasteiger partial charge in [-0.1, -0.05) is 48.5 Å². The number of nitrogens with one attached hydrogen (secondary N) is 2. The summed E-state index contributed by atoms with van der Waals surface area (Å²) < 4.78 is 0. The summed E-state index contributed by atoms with van der Waals surface area (Å²) in [6.07, 6.45) is 4.56. The molecule has 3 aromatic carbocycles. The summed E-state index contributed by atoms with van der Waals surface area (Å²) >= 11 is 0. The van der Waals surface area contributed by atoms with Crippen LogP contribution >= 0.6 is 0 Å². The first kappa shape index (κ1) is 22.4. The quantitative estimate of drug-likeness (QED) is 0.350. The average molecular weight is 456 g/mol. The highest BCUT2D eigenvalue weighted by Gasteiger charge is 2.22. The number of phenolic OH excluding ortho intramolecular Hbond substituents is 1. The molecule has 1 aliphatic carbocycles. The van der Waals surface area contributed by atoms with Crippen LogP contribution in [0.1, 0.15) is 31.2 Å². The molecular formula is C28H33N5O. The lowest BCUT2D eigenvalue weighted by atomic mass is 9.86. The van der Waals surface area contributed by atoms with Crippen molar-refractivity contribution in [3.8, 4) is 5.75 Å². The lowest BCUT2D eigenvalue weighted by molar-refractivity contribution is 0.323. The number of hydrogen-bond donors (Lipinski definition) is 3. The van der Waals surface area contributed by atoms with Crippen LogP contribution in [0.15, 0.2) is 60.7 Å². The second-order valence-corrected chi connectivity index (χ2v) is 9.57. The summed E-state index contributed by atoms with van der Waals surface area (Å²) in [5.41, 5.74) is 1.93. The maximum atomic E-state index is 10.6. The second-order valence-electron chi connectivity index (χ2n) is 9.57. The molecule has 6 heteroatoms. The summed E-state index contributed by atoms with van der Waals surface area (Å²) in [6, 6.07) is 20.7. The smallest absolute Gasteiger partial charge is 0.225 e. The molecule has 4 aromatic rings. The van der Waals surface area contributed by atoms with Crippen LogP contribution in [0.25, 0.3) is 21.7 Å². The number of para-hydroxylation sites is 1. The number of rotatable bonds is 7. The van der Waals surface area contributed by atoms with E-state index < -0.39 is 0 Å².